The maximum absolute atomic E-state index is 10.9. The van der Waals surface area contributed by atoms with Gasteiger partial charge in [0.2, 0.25) is 0 Å². The normalized spacial score (nSPS) is 17.9. The summed E-state index contributed by atoms with van der Waals surface area (Å²) in [4.78, 5) is 10.9. The molecule has 2 rings (SSSR count). The van der Waals surface area contributed by atoms with E-state index in [1.165, 1.54) is 29.9 Å². The fourth-order valence-corrected chi connectivity index (χ4v) is 3.64. The Morgan fingerprint density at radius 1 is 1.35 bits per heavy atom. The molecular formula is C16H23NO2S. The lowest BCUT2D eigenvalue weighted by molar-refractivity contribution is -0.138. The molecule has 0 spiro atoms. The number of benzene rings is 1. The van der Waals surface area contributed by atoms with Crippen molar-refractivity contribution in [1.82, 2.24) is 5.32 Å². The highest BCUT2D eigenvalue weighted by Crippen LogP contribution is 2.22. The number of carboxylic acids is 1. The van der Waals surface area contributed by atoms with Crippen LogP contribution in [-0.4, -0.2) is 29.1 Å². The van der Waals surface area contributed by atoms with Crippen molar-refractivity contribution < 1.29 is 9.90 Å². The summed E-state index contributed by atoms with van der Waals surface area (Å²) in [5.74, 6) is 2.22. The van der Waals surface area contributed by atoms with Crippen molar-refractivity contribution in [1.29, 1.82) is 0 Å². The molecule has 1 unspecified atom stereocenters. The number of carboxylic acid groups (broad SMARTS) is 1. The second kappa shape index (κ2) is 7.70. The molecule has 3 nitrogen and oxygen atoms in total. The number of rotatable bonds is 6. The Bertz CT molecular complexity index is 427. The summed E-state index contributed by atoms with van der Waals surface area (Å²) in [7, 11) is 0. The molecule has 1 atom stereocenters. The molecule has 0 aliphatic carbocycles. The lowest BCUT2D eigenvalue weighted by Crippen LogP contribution is -2.25. The molecule has 0 amide bonds. The number of hydrogen-bond acceptors (Lipinski definition) is 3. The average Bonchev–Trinajstić information content (AvgIpc) is 2.48. The molecule has 1 aromatic carbocycles. The van der Waals surface area contributed by atoms with E-state index in [1.54, 1.807) is 6.92 Å². The molecule has 0 saturated carbocycles. The highest BCUT2D eigenvalue weighted by Gasteiger charge is 2.14. The number of aliphatic carboxylic acids is 1. The van der Waals surface area contributed by atoms with Gasteiger partial charge in [-0.3, -0.25) is 4.79 Å². The van der Waals surface area contributed by atoms with Crippen molar-refractivity contribution in [3.63, 3.8) is 0 Å². The van der Waals surface area contributed by atoms with Gasteiger partial charge in [-0.25, -0.2) is 0 Å². The molecule has 1 aliphatic rings. The highest BCUT2D eigenvalue weighted by atomic mass is 32.2. The van der Waals surface area contributed by atoms with Crippen LogP contribution < -0.4 is 5.32 Å². The minimum Gasteiger partial charge on any atom is -0.481 e. The van der Waals surface area contributed by atoms with Crippen LogP contribution in [0.5, 0.6) is 0 Å². The summed E-state index contributed by atoms with van der Waals surface area (Å²) in [5, 5.41) is 12.5. The molecule has 1 aliphatic heterocycles. The Balaban J connectivity index is 1.77. The summed E-state index contributed by atoms with van der Waals surface area (Å²) in [6.45, 7) is 3.68. The Kier molecular flexibility index (Phi) is 5.92. The molecule has 110 valence electrons. The molecule has 1 aromatic rings. The predicted molar refractivity (Wildman–Crippen MR) is 84.2 cm³/mol. The van der Waals surface area contributed by atoms with E-state index in [4.69, 9.17) is 5.11 Å². The third-order valence-corrected chi connectivity index (χ3v) is 5.00. The van der Waals surface area contributed by atoms with Crippen molar-refractivity contribution in [2.75, 3.05) is 18.1 Å². The molecule has 1 saturated heterocycles. The number of thioether (sulfide) groups is 1. The molecule has 0 aromatic heterocycles. The first kappa shape index (κ1) is 15.4. The van der Waals surface area contributed by atoms with Crippen LogP contribution in [-0.2, 0) is 11.3 Å². The van der Waals surface area contributed by atoms with Crippen LogP contribution in [0.2, 0.25) is 0 Å². The third-order valence-electron chi connectivity index (χ3n) is 3.95. The molecule has 1 fully saturated rings. The topological polar surface area (TPSA) is 49.3 Å². The Morgan fingerprint density at radius 3 is 2.60 bits per heavy atom. The van der Waals surface area contributed by atoms with Crippen molar-refractivity contribution >= 4 is 17.7 Å². The zero-order chi connectivity index (χ0) is 14.4. The summed E-state index contributed by atoms with van der Waals surface area (Å²) >= 11 is 2.06. The van der Waals surface area contributed by atoms with Gasteiger partial charge in [0.1, 0.15) is 0 Å². The standard InChI is InChI=1S/C16H23NO2S/c1-12(16(18)19)15-4-2-13(3-5-15)10-17-11-14-6-8-20-9-7-14/h2-5,12,14,17H,6-11H2,1H3,(H,18,19). The van der Waals surface area contributed by atoms with Crippen LogP contribution in [0.25, 0.3) is 0 Å². The van der Waals surface area contributed by atoms with Gasteiger partial charge < -0.3 is 10.4 Å². The van der Waals surface area contributed by atoms with Crippen LogP contribution in [0.15, 0.2) is 24.3 Å². The molecule has 1 heterocycles. The van der Waals surface area contributed by atoms with Gasteiger partial charge in [0.25, 0.3) is 0 Å². The zero-order valence-corrected chi connectivity index (χ0v) is 12.8. The first-order chi connectivity index (χ1) is 9.66. The van der Waals surface area contributed by atoms with Gasteiger partial charge in [-0.15, -0.1) is 0 Å². The number of carbonyl (C=O) groups is 1. The maximum atomic E-state index is 10.9. The molecule has 0 radical (unpaired) electrons. The Labute approximate surface area is 125 Å². The van der Waals surface area contributed by atoms with Crippen LogP contribution in [0.3, 0.4) is 0 Å². The van der Waals surface area contributed by atoms with Gasteiger partial charge in [0.05, 0.1) is 5.92 Å². The first-order valence-corrected chi connectivity index (χ1v) is 8.42. The van der Waals surface area contributed by atoms with E-state index in [0.29, 0.717) is 0 Å². The van der Waals surface area contributed by atoms with Crippen molar-refractivity contribution in [2.45, 2.75) is 32.2 Å². The van der Waals surface area contributed by atoms with Gasteiger partial charge in [-0.1, -0.05) is 24.3 Å². The van der Waals surface area contributed by atoms with E-state index < -0.39 is 11.9 Å². The van der Waals surface area contributed by atoms with Gasteiger partial charge in [-0.2, -0.15) is 11.8 Å². The lowest BCUT2D eigenvalue weighted by atomic mass is 10.00. The van der Waals surface area contributed by atoms with Crippen molar-refractivity contribution in [2.24, 2.45) is 5.92 Å². The van der Waals surface area contributed by atoms with E-state index in [9.17, 15) is 4.79 Å². The second-order valence-electron chi connectivity index (χ2n) is 5.49. The van der Waals surface area contributed by atoms with Crippen LogP contribution in [0, 0.1) is 5.92 Å². The summed E-state index contributed by atoms with van der Waals surface area (Å²) in [5.41, 5.74) is 2.09. The van der Waals surface area contributed by atoms with Gasteiger partial charge >= 0.3 is 5.97 Å². The maximum Gasteiger partial charge on any atom is 0.310 e. The molecular weight excluding hydrogens is 270 g/mol. The Morgan fingerprint density at radius 2 is 2.00 bits per heavy atom. The fraction of sp³-hybridized carbons (Fsp3) is 0.562. The predicted octanol–water partition coefficient (Wildman–Crippen LogP) is 3.11. The van der Waals surface area contributed by atoms with E-state index in [2.05, 4.69) is 17.1 Å². The van der Waals surface area contributed by atoms with Crippen molar-refractivity contribution in [3.05, 3.63) is 35.4 Å². The van der Waals surface area contributed by atoms with E-state index in [0.717, 1.165) is 24.6 Å². The average molecular weight is 293 g/mol. The molecule has 2 N–H and O–H groups in total. The fourth-order valence-electron chi connectivity index (χ4n) is 2.44. The van der Waals surface area contributed by atoms with Crippen molar-refractivity contribution in [3.8, 4) is 0 Å². The van der Waals surface area contributed by atoms with Gasteiger partial charge in [-0.05, 0) is 54.9 Å². The van der Waals surface area contributed by atoms with Crippen LogP contribution in [0.1, 0.15) is 36.8 Å². The highest BCUT2D eigenvalue weighted by molar-refractivity contribution is 7.99. The second-order valence-corrected chi connectivity index (χ2v) is 6.71. The lowest BCUT2D eigenvalue weighted by Gasteiger charge is -2.21. The zero-order valence-electron chi connectivity index (χ0n) is 12.0. The van der Waals surface area contributed by atoms with E-state index in [1.807, 2.05) is 24.3 Å². The van der Waals surface area contributed by atoms with E-state index >= 15 is 0 Å². The number of hydrogen-bond donors (Lipinski definition) is 2. The summed E-state index contributed by atoms with van der Waals surface area (Å²) < 4.78 is 0. The molecule has 0 bridgehead atoms. The SMILES string of the molecule is CC(C(=O)O)c1ccc(CNCC2CCSCC2)cc1. The molecule has 20 heavy (non-hydrogen) atoms. The Hall–Kier alpha value is -1.00. The molecule has 4 heteroatoms. The van der Waals surface area contributed by atoms with Gasteiger partial charge in [0, 0.05) is 6.54 Å². The monoisotopic (exact) mass is 293 g/mol. The van der Waals surface area contributed by atoms with Gasteiger partial charge in [0.15, 0.2) is 0 Å². The largest absolute Gasteiger partial charge is 0.481 e. The minimum atomic E-state index is -0.772. The van der Waals surface area contributed by atoms with Crippen LogP contribution >= 0.6 is 11.8 Å². The summed E-state index contributed by atoms with van der Waals surface area (Å²) in [6, 6.07) is 7.90. The summed E-state index contributed by atoms with van der Waals surface area (Å²) in [6.07, 6.45) is 2.65. The van der Waals surface area contributed by atoms with Crippen LogP contribution in [0.4, 0.5) is 0 Å². The third kappa shape index (κ3) is 4.53. The number of nitrogens with one attached hydrogen (secondary N) is 1. The first-order valence-electron chi connectivity index (χ1n) is 7.27. The quantitative estimate of drug-likeness (QED) is 0.846. The van der Waals surface area contributed by atoms with E-state index in [-0.39, 0.29) is 0 Å². The minimum absolute atomic E-state index is 0.434. The smallest absolute Gasteiger partial charge is 0.310 e.